The first-order valence-corrected chi connectivity index (χ1v) is 4.39. The van der Waals surface area contributed by atoms with Crippen LogP contribution in [0.1, 0.15) is 0 Å². The van der Waals surface area contributed by atoms with Crippen molar-refractivity contribution in [1.82, 2.24) is 9.62 Å². The first-order valence-electron chi connectivity index (χ1n) is 2.54. The van der Waals surface area contributed by atoms with E-state index in [0.29, 0.717) is 6.67 Å². The molecule has 0 saturated heterocycles. The van der Waals surface area contributed by atoms with Gasteiger partial charge >= 0.3 is 0 Å². The van der Waals surface area contributed by atoms with Crippen LogP contribution in [0.5, 0.6) is 0 Å². The van der Waals surface area contributed by atoms with Gasteiger partial charge in [0.1, 0.15) is 0 Å². The molecule has 0 amide bonds. The van der Waals surface area contributed by atoms with Crippen molar-refractivity contribution in [2.24, 2.45) is 0 Å². The summed E-state index contributed by atoms with van der Waals surface area (Å²) >= 11 is 0. The highest BCUT2D eigenvalue weighted by Gasteiger charge is 2.07. The van der Waals surface area contributed by atoms with E-state index in [4.69, 9.17) is 0 Å². The molecular weight excluding hydrogens is 140 g/mol. The van der Waals surface area contributed by atoms with Crippen molar-refractivity contribution in [2.45, 2.75) is 0 Å². The maximum Gasteiger partial charge on any atom is 0.212 e. The molecule has 0 fully saturated rings. The van der Waals surface area contributed by atoms with E-state index in [0.717, 1.165) is 0 Å². The van der Waals surface area contributed by atoms with Crippen molar-refractivity contribution in [2.75, 3.05) is 27.0 Å². The van der Waals surface area contributed by atoms with Crippen LogP contribution in [-0.2, 0) is 10.0 Å². The SMILES string of the molecule is CNCN(C)S(C)(=O)=O. The summed E-state index contributed by atoms with van der Waals surface area (Å²) in [6.07, 6.45) is 1.17. The van der Waals surface area contributed by atoms with Crippen LogP contribution in [0.4, 0.5) is 0 Å². The van der Waals surface area contributed by atoms with Crippen LogP contribution in [0.25, 0.3) is 0 Å². The smallest absolute Gasteiger partial charge is 0.212 e. The lowest BCUT2D eigenvalue weighted by Crippen LogP contribution is -2.33. The van der Waals surface area contributed by atoms with E-state index >= 15 is 0 Å². The Balaban J connectivity index is 3.90. The van der Waals surface area contributed by atoms with E-state index in [1.165, 1.54) is 17.6 Å². The van der Waals surface area contributed by atoms with Crippen molar-refractivity contribution < 1.29 is 8.42 Å². The lowest BCUT2D eigenvalue weighted by atomic mass is 11.0. The third-order valence-corrected chi connectivity index (χ3v) is 2.21. The molecule has 5 heteroatoms. The van der Waals surface area contributed by atoms with Gasteiger partial charge in [-0.2, -0.15) is 4.31 Å². The molecule has 0 atom stereocenters. The molecule has 4 nitrogen and oxygen atoms in total. The van der Waals surface area contributed by atoms with Crippen molar-refractivity contribution >= 4 is 10.0 Å². The number of nitrogens with one attached hydrogen (secondary N) is 1. The zero-order valence-corrected chi connectivity index (χ0v) is 6.70. The first-order chi connectivity index (χ1) is 3.98. The summed E-state index contributed by atoms with van der Waals surface area (Å²) in [6.45, 7) is 0.360. The van der Waals surface area contributed by atoms with Crippen LogP contribution in [0.3, 0.4) is 0 Å². The summed E-state index contributed by atoms with van der Waals surface area (Å²) in [5, 5.41) is 2.72. The Morgan fingerprint density at radius 3 is 2.11 bits per heavy atom. The van der Waals surface area contributed by atoms with Gasteiger partial charge in [0.15, 0.2) is 0 Å². The Bertz CT molecular complexity index is 163. The van der Waals surface area contributed by atoms with E-state index in [1.54, 1.807) is 7.05 Å². The van der Waals surface area contributed by atoms with Crippen LogP contribution in [0.2, 0.25) is 0 Å². The molecule has 0 bridgehead atoms. The Kier molecular flexibility index (Phi) is 3.10. The van der Waals surface area contributed by atoms with Crippen molar-refractivity contribution in [1.29, 1.82) is 0 Å². The zero-order chi connectivity index (χ0) is 7.49. The zero-order valence-electron chi connectivity index (χ0n) is 5.88. The average molecular weight is 152 g/mol. The molecule has 0 aliphatic heterocycles. The number of sulfonamides is 1. The van der Waals surface area contributed by atoms with Gasteiger partial charge in [0.05, 0.1) is 12.9 Å². The lowest BCUT2D eigenvalue weighted by Gasteiger charge is -2.11. The van der Waals surface area contributed by atoms with Gasteiger partial charge < -0.3 is 5.32 Å². The van der Waals surface area contributed by atoms with Gasteiger partial charge in [-0.3, -0.25) is 0 Å². The van der Waals surface area contributed by atoms with Gasteiger partial charge in [0.2, 0.25) is 10.0 Å². The van der Waals surface area contributed by atoms with E-state index in [9.17, 15) is 8.42 Å². The Labute approximate surface area is 55.9 Å². The van der Waals surface area contributed by atoms with Crippen LogP contribution >= 0.6 is 0 Å². The van der Waals surface area contributed by atoms with Crippen molar-refractivity contribution in [3.05, 3.63) is 0 Å². The molecule has 0 aliphatic carbocycles. The molecule has 0 rings (SSSR count). The predicted molar refractivity (Wildman–Crippen MR) is 36.5 cm³/mol. The molecule has 56 valence electrons. The van der Waals surface area contributed by atoms with Gasteiger partial charge in [-0.25, -0.2) is 8.42 Å². The van der Waals surface area contributed by atoms with Gasteiger partial charge in [0, 0.05) is 7.05 Å². The Morgan fingerprint density at radius 2 is 2.00 bits per heavy atom. The van der Waals surface area contributed by atoms with Crippen LogP contribution in [0.15, 0.2) is 0 Å². The van der Waals surface area contributed by atoms with E-state index in [2.05, 4.69) is 5.32 Å². The maximum absolute atomic E-state index is 10.6. The number of hydrogen-bond acceptors (Lipinski definition) is 3. The molecule has 0 aromatic carbocycles. The molecule has 9 heavy (non-hydrogen) atoms. The molecular formula is C4H12N2O2S. The highest BCUT2D eigenvalue weighted by Crippen LogP contribution is 1.87. The Hall–Kier alpha value is -0.130. The Morgan fingerprint density at radius 1 is 1.56 bits per heavy atom. The number of nitrogens with zero attached hydrogens (tertiary/aromatic N) is 1. The van der Waals surface area contributed by atoms with Gasteiger partial charge in [-0.1, -0.05) is 0 Å². The maximum atomic E-state index is 10.6. The summed E-state index contributed by atoms with van der Waals surface area (Å²) in [5.41, 5.74) is 0. The number of hydrogen-bond donors (Lipinski definition) is 1. The fraction of sp³-hybridized carbons (Fsp3) is 1.00. The first kappa shape index (κ1) is 8.87. The third kappa shape index (κ3) is 3.45. The van der Waals surface area contributed by atoms with Gasteiger partial charge in [0.25, 0.3) is 0 Å². The second kappa shape index (κ2) is 3.14. The largest absolute Gasteiger partial charge is 0.307 e. The van der Waals surface area contributed by atoms with Gasteiger partial charge in [-0.15, -0.1) is 0 Å². The molecule has 0 heterocycles. The van der Waals surface area contributed by atoms with Crippen molar-refractivity contribution in [3.8, 4) is 0 Å². The van der Waals surface area contributed by atoms with Gasteiger partial charge in [-0.05, 0) is 7.05 Å². The minimum Gasteiger partial charge on any atom is -0.307 e. The molecule has 0 aliphatic rings. The highest BCUT2D eigenvalue weighted by atomic mass is 32.2. The summed E-state index contributed by atoms with van der Waals surface area (Å²) < 4.78 is 22.4. The van der Waals surface area contributed by atoms with E-state index in [-0.39, 0.29) is 0 Å². The van der Waals surface area contributed by atoms with Crippen molar-refractivity contribution in [3.63, 3.8) is 0 Å². The quantitative estimate of drug-likeness (QED) is 0.531. The van der Waals surface area contributed by atoms with Crippen LogP contribution < -0.4 is 5.32 Å². The lowest BCUT2D eigenvalue weighted by molar-refractivity contribution is 0.454. The molecule has 0 unspecified atom stereocenters. The number of rotatable bonds is 3. The standard InChI is InChI=1S/C4H12N2O2S/c1-5-4-6(2)9(3,7)8/h5H,4H2,1-3H3. The molecule has 0 saturated carbocycles. The molecule has 0 aromatic rings. The summed E-state index contributed by atoms with van der Waals surface area (Å²) in [7, 11) is 0.222. The normalized spacial score (nSPS) is 12.4. The van der Waals surface area contributed by atoms with E-state index in [1.807, 2.05) is 0 Å². The third-order valence-electron chi connectivity index (χ3n) is 0.947. The highest BCUT2D eigenvalue weighted by molar-refractivity contribution is 7.88. The average Bonchev–Trinajstić information content (AvgIpc) is 1.64. The molecule has 0 radical (unpaired) electrons. The second-order valence-electron chi connectivity index (χ2n) is 1.87. The summed E-state index contributed by atoms with van der Waals surface area (Å²) in [6, 6.07) is 0. The second-order valence-corrected chi connectivity index (χ2v) is 3.96. The van der Waals surface area contributed by atoms with E-state index < -0.39 is 10.0 Å². The summed E-state index contributed by atoms with van der Waals surface area (Å²) in [4.78, 5) is 0. The molecule has 0 spiro atoms. The molecule has 1 N–H and O–H groups in total. The summed E-state index contributed by atoms with van der Waals surface area (Å²) in [5.74, 6) is 0. The van der Waals surface area contributed by atoms with Crippen LogP contribution in [-0.4, -0.2) is 39.7 Å². The minimum atomic E-state index is -2.99. The fourth-order valence-electron chi connectivity index (χ4n) is 0.340. The monoisotopic (exact) mass is 152 g/mol. The predicted octanol–water partition coefficient (Wildman–Crippen LogP) is -0.945. The minimum absolute atomic E-state index is 0.360. The topological polar surface area (TPSA) is 49.4 Å². The van der Waals surface area contributed by atoms with Crippen LogP contribution in [0, 0.1) is 0 Å². The molecule has 0 aromatic heterocycles. The fourth-order valence-corrected chi connectivity index (χ4v) is 0.704.